The third-order valence-corrected chi connectivity index (χ3v) is 4.08. The lowest BCUT2D eigenvalue weighted by atomic mass is 9.80. The van der Waals surface area contributed by atoms with Gasteiger partial charge in [0.2, 0.25) is 5.91 Å². The first kappa shape index (κ1) is 16.5. The normalized spacial score (nSPS) is 12.2. The van der Waals surface area contributed by atoms with Crippen LogP contribution in [0.4, 0.5) is 0 Å². The van der Waals surface area contributed by atoms with Crippen LogP contribution in [-0.4, -0.2) is 17.0 Å². The molecule has 0 unspecified atom stereocenters. The summed E-state index contributed by atoms with van der Waals surface area (Å²) < 4.78 is 0.956. The maximum atomic E-state index is 12.4. The summed E-state index contributed by atoms with van der Waals surface area (Å²) >= 11 is 3.39. The summed E-state index contributed by atoms with van der Waals surface area (Å²) in [6.07, 6.45) is 0.952. The minimum atomic E-state index is -0.958. The number of rotatable bonds is 6. The molecular formula is C14H20BrN3O2. The predicted octanol–water partition coefficient (Wildman–Crippen LogP) is 2.62. The number of carbonyl (C=O) groups is 1. The highest BCUT2D eigenvalue weighted by molar-refractivity contribution is 9.10. The maximum Gasteiger partial charge on any atom is 0.234 e. The SMILES string of the molecule is CCC(CC)(C(=O)NCc1cccc(Br)c1)C(N)=NO. The maximum absolute atomic E-state index is 12.4. The summed E-state index contributed by atoms with van der Waals surface area (Å²) in [5.74, 6) is -0.271. The zero-order valence-electron chi connectivity index (χ0n) is 11.7. The molecule has 0 radical (unpaired) electrons. The average molecular weight is 342 g/mol. The van der Waals surface area contributed by atoms with Gasteiger partial charge in [0.05, 0.1) is 0 Å². The van der Waals surface area contributed by atoms with Crippen LogP contribution in [0.15, 0.2) is 33.9 Å². The van der Waals surface area contributed by atoms with Crippen LogP contribution in [0.5, 0.6) is 0 Å². The van der Waals surface area contributed by atoms with E-state index >= 15 is 0 Å². The molecule has 1 amide bonds. The molecule has 0 aliphatic heterocycles. The molecule has 1 rings (SSSR count). The van der Waals surface area contributed by atoms with E-state index in [2.05, 4.69) is 26.4 Å². The van der Waals surface area contributed by atoms with Crippen molar-refractivity contribution < 1.29 is 10.0 Å². The van der Waals surface area contributed by atoms with Gasteiger partial charge in [-0.1, -0.05) is 47.1 Å². The van der Waals surface area contributed by atoms with Gasteiger partial charge in [0.1, 0.15) is 5.41 Å². The molecule has 0 heterocycles. The first-order chi connectivity index (χ1) is 9.50. The van der Waals surface area contributed by atoms with Crippen molar-refractivity contribution in [3.05, 3.63) is 34.3 Å². The largest absolute Gasteiger partial charge is 0.409 e. The lowest BCUT2D eigenvalue weighted by molar-refractivity contribution is -0.128. The van der Waals surface area contributed by atoms with Crippen molar-refractivity contribution in [1.82, 2.24) is 5.32 Å². The molecule has 20 heavy (non-hydrogen) atoms. The number of carbonyl (C=O) groups excluding carboxylic acids is 1. The summed E-state index contributed by atoms with van der Waals surface area (Å²) in [4.78, 5) is 12.4. The molecule has 0 fully saturated rings. The molecule has 0 atom stereocenters. The second kappa shape index (κ2) is 7.28. The summed E-state index contributed by atoms with van der Waals surface area (Å²) in [7, 11) is 0. The summed E-state index contributed by atoms with van der Waals surface area (Å²) in [5, 5.41) is 14.8. The second-order valence-electron chi connectivity index (χ2n) is 4.59. The first-order valence-electron chi connectivity index (χ1n) is 6.51. The zero-order valence-corrected chi connectivity index (χ0v) is 13.3. The van der Waals surface area contributed by atoms with E-state index in [1.165, 1.54) is 0 Å². The topological polar surface area (TPSA) is 87.7 Å². The summed E-state index contributed by atoms with van der Waals surface area (Å²) in [6, 6.07) is 7.68. The third kappa shape index (κ3) is 3.50. The summed E-state index contributed by atoms with van der Waals surface area (Å²) in [6.45, 7) is 4.10. The molecule has 4 N–H and O–H groups in total. The third-order valence-electron chi connectivity index (χ3n) is 3.58. The number of hydrogen-bond donors (Lipinski definition) is 3. The number of halogens is 1. The number of benzene rings is 1. The van der Waals surface area contributed by atoms with E-state index < -0.39 is 5.41 Å². The van der Waals surface area contributed by atoms with Gasteiger partial charge < -0.3 is 16.3 Å². The van der Waals surface area contributed by atoms with Gasteiger partial charge >= 0.3 is 0 Å². The first-order valence-corrected chi connectivity index (χ1v) is 7.30. The number of oxime groups is 1. The van der Waals surface area contributed by atoms with Crippen LogP contribution in [0.2, 0.25) is 0 Å². The number of nitrogens with zero attached hydrogens (tertiary/aromatic N) is 1. The van der Waals surface area contributed by atoms with E-state index in [0.29, 0.717) is 19.4 Å². The van der Waals surface area contributed by atoms with Crippen LogP contribution in [0, 0.1) is 5.41 Å². The molecule has 110 valence electrons. The standard InChI is InChI=1S/C14H20BrN3O2/c1-3-14(4-2,12(16)18-20)13(19)17-9-10-6-5-7-11(15)8-10/h5-8,20H,3-4,9H2,1-2H3,(H2,16,18)(H,17,19). The van der Waals surface area contributed by atoms with Gasteiger partial charge in [-0.05, 0) is 30.5 Å². The van der Waals surface area contributed by atoms with Crippen LogP contribution in [0.1, 0.15) is 32.3 Å². The van der Waals surface area contributed by atoms with Crippen molar-refractivity contribution in [1.29, 1.82) is 0 Å². The zero-order chi connectivity index (χ0) is 15.2. The smallest absolute Gasteiger partial charge is 0.234 e. The Morgan fingerprint density at radius 1 is 1.45 bits per heavy atom. The Balaban J connectivity index is 2.83. The van der Waals surface area contributed by atoms with E-state index in [9.17, 15) is 4.79 Å². The Bertz CT molecular complexity index is 499. The minimum absolute atomic E-state index is 0.0470. The van der Waals surface area contributed by atoms with E-state index in [4.69, 9.17) is 10.9 Å². The highest BCUT2D eigenvalue weighted by atomic mass is 79.9. The Morgan fingerprint density at radius 3 is 2.60 bits per heavy atom. The number of amides is 1. The van der Waals surface area contributed by atoms with Crippen LogP contribution in [-0.2, 0) is 11.3 Å². The average Bonchev–Trinajstić information content (AvgIpc) is 2.46. The molecule has 1 aromatic carbocycles. The second-order valence-corrected chi connectivity index (χ2v) is 5.50. The molecule has 0 saturated heterocycles. The van der Waals surface area contributed by atoms with Gasteiger partial charge in [0, 0.05) is 11.0 Å². The van der Waals surface area contributed by atoms with Crippen LogP contribution >= 0.6 is 15.9 Å². The summed E-state index contributed by atoms with van der Waals surface area (Å²) in [5.41, 5.74) is 5.72. The molecule has 0 spiro atoms. The molecular weight excluding hydrogens is 322 g/mol. The minimum Gasteiger partial charge on any atom is -0.409 e. The molecule has 0 aliphatic carbocycles. The van der Waals surface area contributed by atoms with Crippen molar-refractivity contribution in [3.63, 3.8) is 0 Å². The Kier molecular flexibility index (Phi) is 6.01. The Labute approximate surface area is 127 Å². The van der Waals surface area contributed by atoms with Crippen molar-refractivity contribution in [2.24, 2.45) is 16.3 Å². The molecule has 0 aliphatic rings. The molecule has 0 saturated carbocycles. The van der Waals surface area contributed by atoms with Crippen molar-refractivity contribution in [2.75, 3.05) is 0 Å². The molecule has 5 nitrogen and oxygen atoms in total. The number of nitrogens with two attached hydrogens (primary N) is 1. The van der Waals surface area contributed by atoms with Gasteiger partial charge in [-0.2, -0.15) is 0 Å². The fourth-order valence-electron chi connectivity index (χ4n) is 2.14. The lowest BCUT2D eigenvalue weighted by Gasteiger charge is -2.28. The van der Waals surface area contributed by atoms with E-state index in [-0.39, 0.29) is 11.7 Å². The van der Waals surface area contributed by atoms with Gasteiger partial charge in [0.25, 0.3) is 0 Å². The van der Waals surface area contributed by atoms with Gasteiger partial charge in [-0.25, -0.2) is 0 Å². The fourth-order valence-corrected chi connectivity index (χ4v) is 2.59. The van der Waals surface area contributed by atoms with Crippen molar-refractivity contribution >= 4 is 27.7 Å². The quantitative estimate of drug-likeness (QED) is 0.321. The fraction of sp³-hybridized carbons (Fsp3) is 0.429. The Hall–Kier alpha value is -1.56. The van der Waals surface area contributed by atoms with Crippen LogP contribution in [0.25, 0.3) is 0 Å². The highest BCUT2D eigenvalue weighted by Crippen LogP contribution is 2.27. The molecule has 0 aromatic heterocycles. The van der Waals surface area contributed by atoms with Gasteiger partial charge in [-0.15, -0.1) is 0 Å². The van der Waals surface area contributed by atoms with E-state index in [1.54, 1.807) is 0 Å². The number of amidine groups is 1. The van der Waals surface area contributed by atoms with Crippen molar-refractivity contribution in [2.45, 2.75) is 33.2 Å². The molecule has 1 aromatic rings. The van der Waals surface area contributed by atoms with Crippen molar-refractivity contribution in [3.8, 4) is 0 Å². The lowest BCUT2D eigenvalue weighted by Crippen LogP contribution is -2.49. The van der Waals surface area contributed by atoms with Crippen LogP contribution in [0.3, 0.4) is 0 Å². The van der Waals surface area contributed by atoms with E-state index in [1.807, 2.05) is 38.1 Å². The number of nitrogens with one attached hydrogen (secondary N) is 1. The molecule has 0 bridgehead atoms. The Morgan fingerprint density at radius 2 is 2.10 bits per heavy atom. The predicted molar refractivity (Wildman–Crippen MR) is 82.4 cm³/mol. The molecule has 6 heteroatoms. The number of hydrogen-bond acceptors (Lipinski definition) is 3. The van der Waals surface area contributed by atoms with E-state index in [0.717, 1.165) is 10.0 Å². The van der Waals surface area contributed by atoms with Crippen LogP contribution < -0.4 is 11.1 Å². The van der Waals surface area contributed by atoms with Gasteiger partial charge in [-0.3, -0.25) is 4.79 Å². The highest BCUT2D eigenvalue weighted by Gasteiger charge is 2.39. The monoisotopic (exact) mass is 341 g/mol. The van der Waals surface area contributed by atoms with Gasteiger partial charge in [0.15, 0.2) is 5.84 Å².